The molecule has 24 heavy (non-hydrogen) atoms. The van der Waals surface area contributed by atoms with Crippen molar-refractivity contribution in [3.05, 3.63) is 54.6 Å². The Bertz CT molecular complexity index is 757. The number of benzene rings is 2. The van der Waals surface area contributed by atoms with Crippen molar-refractivity contribution in [2.45, 2.75) is 25.0 Å². The van der Waals surface area contributed by atoms with Gasteiger partial charge < -0.3 is 9.84 Å². The summed E-state index contributed by atoms with van der Waals surface area (Å²) in [5.41, 5.74) is 1.01. The molecule has 0 aromatic heterocycles. The molecule has 1 N–H and O–H groups in total. The summed E-state index contributed by atoms with van der Waals surface area (Å²) < 4.78 is 5.38. The topological polar surface area (TPSA) is 32.7 Å². The van der Waals surface area contributed by atoms with Gasteiger partial charge >= 0.3 is 0 Å². The van der Waals surface area contributed by atoms with Crippen molar-refractivity contribution in [1.29, 1.82) is 0 Å². The zero-order valence-electron chi connectivity index (χ0n) is 14.2. The van der Waals surface area contributed by atoms with Gasteiger partial charge in [-0.3, -0.25) is 4.90 Å². The van der Waals surface area contributed by atoms with Crippen LogP contribution in [0.2, 0.25) is 0 Å². The number of piperidine rings is 3. The fourth-order valence-corrected chi connectivity index (χ4v) is 4.57. The lowest BCUT2D eigenvalue weighted by Crippen LogP contribution is -2.54. The molecule has 3 nitrogen and oxygen atoms in total. The van der Waals surface area contributed by atoms with Gasteiger partial charge in [-0.25, -0.2) is 0 Å². The third-order valence-corrected chi connectivity index (χ3v) is 5.96. The number of ether oxygens (including phenoxy) is 1. The summed E-state index contributed by atoms with van der Waals surface area (Å²) in [6.07, 6.45) is 3.92. The average Bonchev–Trinajstić information content (AvgIpc) is 2.66. The van der Waals surface area contributed by atoms with E-state index in [1.54, 1.807) is 7.11 Å². The van der Waals surface area contributed by atoms with Crippen LogP contribution in [0.3, 0.4) is 0 Å². The molecule has 3 fully saturated rings. The normalized spacial score (nSPS) is 30.2. The molecule has 0 spiro atoms. The van der Waals surface area contributed by atoms with Crippen LogP contribution in [0, 0.1) is 11.8 Å². The van der Waals surface area contributed by atoms with Crippen LogP contribution in [0.15, 0.2) is 49.1 Å². The molecular formula is C21H25NO2. The van der Waals surface area contributed by atoms with Crippen molar-refractivity contribution in [3.8, 4) is 5.75 Å². The largest absolute Gasteiger partial charge is 0.497 e. The predicted octanol–water partition coefficient (Wildman–Crippen LogP) is 3.78. The van der Waals surface area contributed by atoms with Crippen molar-refractivity contribution in [2.75, 3.05) is 20.2 Å². The van der Waals surface area contributed by atoms with Gasteiger partial charge in [-0.05, 0) is 59.7 Å². The first-order valence-corrected chi connectivity index (χ1v) is 8.82. The van der Waals surface area contributed by atoms with Gasteiger partial charge in [0.25, 0.3) is 0 Å². The molecule has 3 heterocycles. The first-order chi connectivity index (χ1) is 11.7. The quantitative estimate of drug-likeness (QED) is 0.869. The van der Waals surface area contributed by atoms with E-state index in [0.29, 0.717) is 11.8 Å². The smallest absolute Gasteiger partial charge is 0.119 e. The second-order valence-electron chi connectivity index (χ2n) is 7.13. The van der Waals surface area contributed by atoms with Crippen LogP contribution < -0.4 is 4.74 Å². The van der Waals surface area contributed by atoms with Crippen molar-refractivity contribution in [2.24, 2.45) is 11.8 Å². The molecular weight excluding hydrogens is 298 g/mol. The standard InChI is InChI=1S/C21H25NO2/c1-3-14-13-22-10-9-16(14)11-20(22)21(23)18-6-4-5-15-7-8-17(24-2)12-19(15)18/h3-8,12,14,16,20-21,23H,1,9-11,13H2,2H3/t14?,16?,20?,21-/m0/s1. The molecule has 0 amide bonds. The maximum Gasteiger partial charge on any atom is 0.119 e. The molecule has 0 aliphatic carbocycles. The Morgan fingerprint density at radius 2 is 2.21 bits per heavy atom. The van der Waals surface area contributed by atoms with Crippen molar-refractivity contribution < 1.29 is 9.84 Å². The molecule has 5 rings (SSSR count). The van der Waals surface area contributed by atoms with Crippen LogP contribution in [-0.4, -0.2) is 36.2 Å². The lowest BCUT2D eigenvalue weighted by Gasteiger charge is -2.50. The van der Waals surface area contributed by atoms with E-state index in [4.69, 9.17) is 4.74 Å². The predicted molar refractivity (Wildman–Crippen MR) is 97.2 cm³/mol. The van der Waals surface area contributed by atoms with Gasteiger partial charge in [-0.2, -0.15) is 0 Å². The number of nitrogens with zero attached hydrogens (tertiary/aromatic N) is 1. The van der Waals surface area contributed by atoms with Gasteiger partial charge in [0.2, 0.25) is 0 Å². The zero-order chi connectivity index (χ0) is 16.7. The maximum atomic E-state index is 11.2. The Morgan fingerprint density at radius 3 is 2.92 bits per heavy atom. The third-order valence-electron chi connectivity index (χ3n) is 5.96. The van der Waals surface area contributed by atoms with E-state index in [1.165, 1.54) is 6.42 Å². The van der Waals surface area contributed by atoms with E-state index < -0.39 is 6.10 Å². The van der Waals surface area contributed by atoms with E-state index in [9.17, 15) is 5.11 Å². The summed E-state index contributed by atoms with van der Waals surface area (Å²) in [4.78, 5) is 2.45. The minimum Gasteiger partial charge on any atom is -0.497 e. The van der Waals surface area contributed by atoms with Crippen LogP contribution >= 0.6 is 0 Å². The number of hydrogen-bond acceptors (Lipinski definition) is 3. The fraction of sp³-hybridized carbons (Fsp3) is 0.429. The van der Waals surface area contributed by atoms with Crippen LogP contribution in [0.25, 0.3) is 10.8 Å². The van der Waals surface area contributed by atoms with Crippen molar-refractivity contribution in [1.82, 2.24) is 4.90 Å². The van der Waals surface area contributed by atoms with E-state index in [0.717, 1.165) is 41.6 Å². The minimum absolute atomic E-state index is 0.205. The highest BCUT2D eigenvalue weighted by Gasteiger charge is 2.42. The molecule has 3 aliphatic rings. The number of aliphatic hydroxyl groups is 1. The Hall–Kier alpha value is -1.84. The van der Waals surface area contributed by atoms with Crippen molar-refractivity contribution >= 4 is 10.8 Å². The molecule has 3 aliphatic heterocycles. The van der Waals surface area contributed by atoms with E-state index in [1.807, 2.05) is 18.2 Å². The Balaban J connectivity index is 1.69. The van der Waals surface area contributed by atoms with Gasteiger partial charge in [-0.1, -0.05) is 30.3 Å². The lowest BCUT2D eigenvalue weighted by molar-refractivity contribution is -0.0444. The Morgan fingerprint density at radius 1 is 1.33 bits per heavy atom. The lowest BCUT2D eigenvalue weighted by atomic mass is 9.73. The molecule has 2 aromatic carbocycles. The number of hydrogen-bond donors (Lipinski definition) is 1. The van der Waals surface area contributed by atoms with Crippen LogP contribution in [0.1, 0.15) is 24.5 Å². The molecule has 0 radical (unpaired) electrons. The number of aliphatic hydroxyl groups excluding tert-OH is 1. The minimum atomic E-state index is -0.464. The van der Waals surface area contributed by atoms with Crippen LogP contribution in [0.4, 0.5) is 0 Å². The Kier molecular flexibility index (Phi) is 4.07. The first-order valence-electron chi connectivity index (χ1n) is 8.82. The molecule has 126 valence electrons. The third kappa shape index (κ3) is 2.52. The highest BCUT2D eigenvalue weighted by Crippen LogP contribution is 2.42. The molecule has 0 saturated carbocycles. The molecule has 2 bridgehead atoms. The van der Waals surface area contributed by atoms with Gasteiger partial charge in [0.1, 0.15) is 5.75 Å². The summed E-state index contributed by atoms with van der Waals surface area (Å²) in [5, 5.41) is 13.4. The number of rotatable bonds is 4. The fourth-order valence-electron chi connectivity index (χ4n) is 4.57. The van der Waals surface area contributed by atoms with Gasteiger partial charge in [-0.15, -0.1) is 6.58 Å². The molecule has 3 heteroatoms. The monoisotopic (exact) mass is 323 g/mol. The molecule has 3 saturated heterocycles. The van der Waals surface area contributed by atoms with Crippen molar-refractivity contribution in [3.63, 3.8) is 0 Å². The summed E-state index contributed by atoms with van der Waals surface area (Å²) >= 11 is 0. The number of fused-ring (bicyclic) bond motifs is 4. The maximum absolute atomic E-state index is 11.2. The van der Waals surface area contributed by atoms with Crippen LogP contribution in [-0.2, 0) is 0 Å². The number of methoxy groups -OCH3 is 1. The van der Waals surface area contributed by atoms with E-state index in [2.05, 4.69) is 35.8 Å². The van der Waals surface area contributed by atoms with Gasteiger partial charge in [0, 0.05) is 12.6 Å². The SMILES string of the molecule is C=CC1CN2CCC1CC2[C@@H](O)c1cccc2ccc(OC)cc12. The van der Waals surface area contributed by atoms with E-state index >= 15 is 0 Å². The Labute approximate surface area is 143 Å². The van der Waals surface area contributed by atoms with E-state index in [-0.39, 0.29) is 6.04 Å². The average molecular weight is 323 g/mol. The summed E-state index contributed by atoms with van der Waals surface area (Å²) in [6, 6.07) is 12.5. The van der Waals surface area contributed by atoms with Crippen LogP contribution in [0.5, 0.6) is 5.75 Å². The van der Waals surface area contributed by atoms with Gasteiger partial charge in [0.15, 0.2) is 0 Å². The molecule has 4 unspecified atom stereocenters. The van der Waals surface area contributed by atoms with Gasteiger partial charge in [0.05, 0.1) is 13.2 Å². The second-order valence-corrected chi connectivity index (χ2v) is 7.13. The first kappa shape index (κ1) is 15.7. The zero-order valence-corrected chi connectivity index (χ0v) is 14.2. The summed E-state index contributed by atoms with van der Waals surface area (Å²) in [7, 11) is 1.68. The molecule has 5 atom stereocenters. The summed E-state index contributed by atoms with van der Waals surface area (Å²) in [5.74, 6) is 2.07. The second kappa shape index (κ2) is 6.23. The molecule has 2 aromatic rings. The summed E-state index contributed by atoms with van der Waals surface area (Å²) in [6.45, 7) is 6.11. The highest BCUT2D eigenvalue weighted by atomic mass is 16.5. The highest BCUT2D eigenvalue weighted by molar-refractivity contribution is 5.87.